The molecule has 2 aromatic rings. The minimum atomic E-state index is -0.737. The first-order chi connectivity index (χ1) is 15.8. The summed E-state index contributed by atoms with van der Waals surface area (Å²) in [7, 11) is 5.65. The van der Waals surface area contributed by atoms with E-state index in [1.807, 2.05) is 67.3 Å². The molecule has 0 bridgehead atoms. The number of halogens is 1. The lowest BCUT2D eigenvalue weighted by Gasteiger charge is -2.40. The van der Waals surface area contributed by atoms with E-state index in [4.69, 9.17) is 0 Å². The first-order valence-corrected chi connectivity index (χ1v) is 11.5. The minimum absolute atomic E-state index is 0.0295. The summed E-state index contributed by atoms with van der Waals surface area (Å²) in [5.74, 6) is -0.976. The topological polar surface area (TPSA) is 43.9 Å². The number of nitrogens with zero attached hydrogens (tertiary/aromatic N) is 3. The molecule has 1 fully saturated rings. The fourth-order valence-electron chi connectivity index (χ4n) is 4.44. The van der Waals surface area contributed by atoms with Crippen molar-refractivity contribution in [3.05, 3.63) is 77.6 Å². The monoisotopic (exact) mass is 451 g/mol. The number of amides is 2. The third-order valence-electron chi connectivity index (χ3n) is 6.30. The molecule has 0 aromatic heterocycles. The number of hydrogen-bond donors (Lipinski definition) is 0. The summed E-state index contributed by atoms with van der Waals surface area (Å²) in [5.41, 5.74) is 1.85. The number of rotatable bonds is 8. The van der Waals surface area contributed by atoms with E-state index in [9.17, 15) is 14.0 Å². The molecule has 176 valence electrons. The number of carbonyl (C=O) groups excluding carboxylic acids is 2. The maximum Gasteiger partial charge on any atom is 0.282 e. The van der Waals surface area contributed by atoms with Gasteiger partial charge in [-0.25, -0.2) is 4.39 Å². The SMILES string of the molecule is CN(C)CC(=O)N(C)[C@@H](Cc1ccccc1)C1CCN(C(=O)/C(F)=C/c2ccccc2)CC1. The quantitative estimate of drug-likeness (QED) is 0.573. The average Bonchev–Trinajstić information content (AvgIpc) is 2.82. The smallest absolute Gasteiger partial charge is 0.282 e. The van der Waals surface area contributed by atoms with E-state index in [-0.39, 0.29) is 17.9 Å². The van der Waals surface area contributed by atoms with Crippen molar-refractivity contribution in [1.29, 1.82) is 0 Å². The predicted octanol–water partition coefficient (Wildman–Crippen LogP) is 3.87. The summed E-state index contributed by atoms with van der Waals surface area (Å²) >= 11 is 0. The third kappa shape index (κ3) is 6.99. The van der Waals surface area contributed by atoms with Crippen LogP contribution in [0.25, 0.3) is 6.08 Å². The highest BCUT2D eigenvalue weighted by Crippen LogP contribution is 2.27. The highest BCUT2D eigenvalue weighted by Gasteiger charge is 2.33. The van der Waals surface area contributed by atoms with Crippen molar-refractivity contribution in [2.45, 2.75) is 25.3 Å². The van der Waals surface area contributed by atoms with Crippen molar-refractivity contribution < 1.29 is 14.0 Å². The molecule has 1 saturated heterocycles. The van der Waals surface area contributed by atoms with Gasteiger partial charge >= 0.3 is 0 Å². The van der Waals surface area contributed by atoms with Crippen LogP contribution in [0.1, 0.15) is 24.0 Å². The molecular weight excluding hydrogens is 417 g/mol. The van der Waals surface area contributed by atoms with Gasteiger partial charge in [0.2, 0.25) is 5.91 Å². The minimum Gasteiger partial charge on any atom is -0.341 e. The van der Waals surface area contributed by atoms with Crippen molar-refractivity contribution in [2.24, 2.45) is 5.92 Å². The summed E-state index contributed by atoms with van der Waals surface area (Å²) < 4.78 is 14.6. The van der Waals surface area contributed by atoms with Crippen LogP contribution >= 0.6 is 0 Å². The van der Waals surface area contributed by atoms with Gasteiger partial charge in [0, 0.05) is 26.2 Å². The lowest BCUT2D eigenvalue weighted by molar-refractivity contribution is -0.135. The molecule has 1 aliphatic rings. The van der Waals surface area contributed by atoms with Gasteiger partial charge in [0.25, 0.3) is 5.91 Å². The van der Waals surface area contributed by atoms with Crippen LogP contribution in [0, 0.1) is 5.92 Å². The second-order valence-corrected chi connectivity index (χ2v) is 9.03. The molecule has 2 aromatic carbocycles. The van der Waals surface area contributed by atoms with Gasteiger partial charge in [-0.2, -0.15) is 0 Å². The number of carbonyl (C=O) groups is 2. The average molecular weight is 452 g/mol. The Bertz CT molecular complexity index is 938. The summed E-state index contributed by atoms with van der Waals surface area (Å²) in [6, 6.07) is 19.2. The van der Waals surface area contributed by atoms with Crippen LogP contribution < -0.4 is 0 Å². The van der Waals surface area contributed by atoms with Crippen LogP contribution in [0.2, 0.25) is 0 Å². The molecule has 6 heteroatoms. The highest BCUT2D eigenvalue weighted by molar-refractivity contribution is 5.95. The van der Waals surface area contributed by atoms with E-state index in [1.165, 1.54) is 11.6 Å². The molecule has 3 rings (SSSR count). The van der Waals surface area contributed by atoms with Gasteiger partial charge < -0.3 is 14.7 Å². The molecule has 0 aliphatic carbocycles. The van der Waals surface area contributed by atoms with E-state index in [0.717, 1.165) is 19.3 Å². The van der Waals surface area contributed by atoms with Crippen molar-refractivity contribution in [3.8, 4) is 0 Å². The second-order valence-electron chi connectivity index (χ2n) is 9.03. The first-order valence-electron chi connectivity index (χ1n) is 11.5. The summed E-state index contributed by atoms with van der Waals surface area (Å²) in [6.07, 6.45) is 3.53. The number of likely N-dealkylation sites (tertiary alicyclic amines) is 1. The summed E-state index contributed by atoms with van der Waals surface area (Å²) in [4.78, 5) is 30.8. The van der Waals surface area contributed by atoms with Gasteiger partial charge in [0.05, 0.1) is 6.54 Å². The molecule has 0 spiro atoms. The molecule has 0 N–H and O–H groups in total. The molecule has 0 radical (unpaired) electrons. The summed E-state index contributed by atoms with van der Waals surface area (Å²) in [6.45, 7) is 1.33. The number of piperidine rings is 1. The zero-order chi connectivity index (χ0) is 23.8. The molecule has 1 heterocycles. The van der Waals surface area contributed by atoms with Gasteiger partial charge in [0.15, 0.2) is 5.83 Å². The summed E-state index contributed by atoms with van der Waals surface area (Å²) in [5, 5.41) is 0. The van der Waals surface area contributed by atoms with Gasteiger partial charge in [-0.05, 0) is 56.5 Å². The Kier molecular flexibility index (Phi) is 8.78. The molecule has 0 saturated carbocycles. The zero-order valence-corrected chi connectivity index (χ0v) is 19.8. The van der Waals surface area contributed by atoms with Gasteiger partial charge in [-0.1, -0.05) is 60.7 Å². The van der Waals surface area contributed by atoms with Crippen molar-refractivity contribution in [1.82, 2.24) is 14.7 Å². The number of likely N-dealkylation sites (N-methyl/N-ethyl adjacent to an activating group) is 2. The Hall–Kier alpha value is -2.99. The van der Waals surface area contributed by atoms with E-state index in [0.29, 0.717) is 25.2 Å². The van der Waals surface area contributed by atoms with E-state index >= 15 is 0 Å². The number of hydrogen-bond acceptors (Lipinski definition) is 3. The second kappa shape index (κ2) is 11.8. The molecule has 0 unspecified atom stereocenters. The largest absolute Gasteiger partial charge is 0.341 e. The maximum atomic E-state index is 14.6. The lowest BCUT2D eigenvalue weighted by atomic mass is 9.85. The standard InChI is InChI=1S/C27H34FN3O2/c1-29(2)20-26(32)30(3)25(19-22-12-8-5-9-13-22)23-14-16-31(17-15-23)27(33)24(28)18-21-10-6-4-7-11-21/h4-13,18,23,25H,14-17,19-20H2,1-3H3/b24-18-/t25-/m0/s1. The molecule has 1 atom stereocenters. The van der Waals surface area contributed by atoms with Crippen molar-refractivity contribution >= 4 is 17.9 Å². The molecule has 33 heavy (non-hydrogen) atoms. The molecular formula is C27H34FN3O2. The van der Waals surface area contributed by atoms with Crippen molar-refractivity contribution in [3.63, 3.8) is 0 Å². The zero-order valence-electron chi connectivity index (χ0n) is 19.8. The molecule has 2 amide bonds. The third-order valence-corrected chi connectivity index (χ3v) is 6.30. The lowest BCUT2D eigenvalue weighted by Crippen LogP contribution is -2.50. The predicted molar refractivity (Wildman–Crippen MR) is 130 cm³/mol. The Morgan fingerprint density at radius 1 is 1.00 bits per heavy atom. The van der Waals surface area contributed by atoms with Crippen LogP contribution in [0.3, 0.4) is 0 Å². The fourth-order valence-corrected chi connectivity index (χ4v) is 4.44. The van der Waals surface area contributed by atoms with E-state index in [1.54, 1.807) is 17.0 Å². The highest BCUT2D eigenvalue weighted by atomic mass is 19.1. The van der Waals surface area contributed by atoms with Crippen LogP contribution in [0.4, 0.5) is 4.39 Å². The first kappa shape index (κ1) is 24.6. The fraction of sp³-hybridized carbons (Fsp3) is 0.407. The van der Waals surface area contributed by atoms with Crippen LogP contribution in [-0.2, 0) is 16.0 Å². The molecule has 5 nitrogen and oxygen atoms in total. The van der Waals surface area contributed by atoms with E-state index in [2.05, 4.69) is 12.1 Å². The molecule has 1 aliphatic heterocycles. The maximum absolute atomic E-state index is 14.6. The Morgan fingerprint density at radius 2 is 1.58 bits per heavy atom. The van der Waals surface area contributed by atoms with Crippen LogP contribution in [-0.4, -0.2) is 73.3 Å². The van der Waals surface area contributed by atoms with Crippen LogP contribution in [0.15, 0.2) is 66.5 Å². The Morgan fingerprint density at radius 3 is 2.15 bits per heavy atom. The number of benzene rings is 2. The van der Waals surface area contributed by atoms with Gasteiger partial charge in [-0.15, -0.1) is 0 Å². The Labute approximate surface area is 196 Å². The van der Waals surface area contributed by atoms with Crippen LogP contribution in [0.5, 0.6) is 0 Å². The van der Waals surface area contributed by atoms with Gasteiger partial charge in [0.1, 0.15) is 0 Å². The van der Waals surface area contributed by atoms with E-state index < -0.39 is 11.7 Å². The Balaban J connectivity index is 1.67. The van der Waals surface area contributed by atoms with Crippen molar-refractivity contribution in [2.75, 3.05) is 40.8 Å². The normalized spacial score (nSPS) is 16.0. The van der Waals surface area contributed by atoms with Gasteiger partial charge in [-0.3, -0.25) is 9.59 Å².